The number of anilines is 1. The summed E-state index contributed by atoms with van der Waals surface area (Å²) in [6, 6.07) is 16.6. The smallest absolute Gasteiger partial charge is 0.181 e. The van der Waals surface area contributed by atoms with Crippen LogP contribution in [-0.2, 0) is 13.6 Å². The molecule has 0 aliphatic carbocycles. The van der Waals surface area contributed by atoms with E-state index in [0.29, 0.717) is 0 Å². The fourth-order valence-electron chi connectivity index (χ4n) is 2.73. The molecule has 0 fully saturated rings. The first-order valence-corrected chi connectivity index (χ1v) is 7.54. The summed E-state index contributed by atoms with van der Waals surface area (Å²) in [7, 11) is 1.87. The van der Waals surface area contributed by atoms with Gasteiger partial charge in [0.2, 0.25) is 0 Å². The van der Waals surface area contributed by atoms with Crippen LogP contribution in [0.1, 0.15) is 5.56 Å². The second-order valence-corrected chi connectivity index (χ2v) is 5.54. The fourth-order valence-corrected chi connectivity index (χ4v) is 2.73. The third-order valence-corrected chi connectivity index (χ3v) is 3.88. The van der Waals surface area contributed by atoms with Crippen LogP contribution in [0.3, 0.4) is 0 Å². The zero-order chi connectivity index (χ0) is 15.6. The van der Waals surface area contributed by atoms with E-state index >= 15 is 0 Å². The lowest BCUT2D eigenvalue weighted by atomic mass is 10.1. The van der Waals surface area contributed by atoms with Crippen molar-refractivity contribution in [1.82, 2.24) is 19.7 Å². The maximum atomic E-state index is 4.35. The average molecular weight is 303 g/mol. The summed E-state index contributed by atoms with van der Waals surface area (Å²) in [5.41, 5.74) is 4.49. The number of aromatic amines is 1. The molecule has 0 unspecified atom stereocenters. The van der Waals surface area contributed by atoms with E-state index in [-0.39, 0.29) is 0 Å². The van der Waals surface area contributed by atoms with Crippen molar-refractivity contribution in [2.24, 2.45) is 7.05 Å². The van der Waals surface area contributed by atoms with Crippen LogP contribution in [0, 0.1) is 0 Å². The normalized spacial score (nSPS) is 11.0. The third kappa shape index (κ3) is 2.68. The molecule has 2 aromatic heterocycles. The van der Waals surface area contributed by atoms with Crippen molar-refractivity contribution < 1.29 is 0 Å². The van der Waals surface area contributed by atoms with Crippen LogP contribution < -0.4 is 5.32 Å². The molecule has 0 saturated carbocycles. The standard InChI is InChI=1S/C18H17N5/c1-23-12-21-18(22-23)14-5-3-7-16(10-14)20-11-15-6-2-4-13-8-9-19-17(13)15/h2-10,12,19-20H,11H2,1H3. The van der Waals surface area contributed by atoms with Gasteiger partial charge in [-0.1, -0.05) is 30.3 Å². The van der Waals surface area contributed by atoms with E-state index in [1.807, 2.05) is 25.4 Å². The van der Waals surface area contributed by atoms with E-state index in [1.54, 1.807) is 11.0 Å². The molecule has 5 nitrogen and oxygen atoms in total. The lowest BCUT2D eigenvalue weighted by Gasteiger charge is -2.08. The summed E-state index contributed by atoms with van der Waals surface area (Å²) in [5, 5.41) is 9.06. The fraction of sp³-hybridized carbons (Fsp3) is 0.111. The van der Waals surface area contributed by atoms with Crippen molar-refractivity contribution in [3.8, 4) is 11.4 Å². The molecular weight excluding hydrogens is 286 g/mol. The third-order valence-electron chi connectivity index (χ3n) is 3.88. The molecule has 0 aliphatic rings. The first-order valence-electron chi connectivity index (χ1n) is 7.54. The summed E-state index contributed by atoms with van der Waals surface area (Å²) in [6.07, 6.45) is 3.68. The van der Waals surface area contributed by atoms with E-state index in [4.69, 9.17) is 0 Å². The Balaban J connectivity index is 1.56. The molecule has 0 aliphatic heterocycles. The molecule has 5 heteroatoms. The van der Waals surface area contributed by atoms with E-state index in [2.05, 4.69) is 56.8 Å². The Morgan fingerprint density at radius 1 is 1.13 bits per heavy atom. The zero-order valence-electron chi connectivity index (χ0n) is 12.8. The van der Waals surface area contributed by atoms with E-state index in [0.717, 1.165) is 23.6 Å². The predicted octanol–water partition coefficient (Wildman–Crippen LogP) is 3.58. The lowest BCUT2D eigenvalue weighted by Crippen LogP contribution is -2.00. The van der Waals surface area contributed by atoms with Gasteiger partial charge in [-0.05, 0) is 29.1 Å². The lowest BCUT2D eigenvalue weighted by molar-refractivity contribution is 0.768. The van der Waals surface area contributed by atoms with Gasteiger partial charge in [-0.25, -0.2) is 4.98 Å². The predicted molar refractivity (Wildman–Crippen MR) is 92.1 cm³/mol. The largest absolute Gasteiger partial charge is 0.381 e. The van der Waals surface area contributed by atoms with Gasteiger partial charge in [-0.3, -0.25) is 4.68 Å². The minimum atomic E-state index is 0.739. The number of rotatable bonds is 4. The van der Waals surface area contributed by atoms with Crippen LogP contribution in [0.15, 0.2) is 61.1 Å². The number of benzene rings is 2. The molecule has 0 radical (unpaired) electrons. The summed E-state index contributed by atoms with van der Waals surface area (Å²) in [6.45, 7) is 0.761. The first kappa shape index (κ1) is 13.6. The number of nitrogens with zero attached hydrogens (tertiary/aromatic N) is 3. The first-order chi connectivity index (χ1) is 11.3. The minimum absolute atomic E-state index is 0.739. The van der Waals surface area contributed by atoms with Crippen LogP contribution in [-0.4, -0.2) is 19.7 Å². The highest BCUT2D eigenvalue weighted by molar-refractivity contribution is 5.82. The molecule has 0 bridgehead atoms. The Kier molecular flexibility index (Phi) is 3.31. The van der Waals surface area contributed by atoms with Gasteiger partial charge in [-0.2, -0.15) is 5.10 Å². The summed E-state index contributed by atoms with van der Waals surface area (Å²) in [4.78, 5) is 7.60. The highest BCUT2D eigenvalue weighted by Gasteiger charge is 2.05. The molecule has 114 valence electrons. The monoisotopic (exact) mass is 303 g/mol. The van der Waals surface area contributed by atoms with Crippen LogP contribution in [0.2, 0.25) is 0 Å². The number of H-pyrrole nitrogens is 1. The number of hydrogen-bond acceptors (Lipinski definition) is 3. The van der Waals surface area contributed by atoms with Gasteiger partial charge < -0.3 is 10.3 Å². The van der Waals surface area contributed by atoms with Crippen LogP contribution in [0.4, 0.5) is 5.69 Å². The van der Waals surface area contributed by atoms with Crippen molar-refractivity contribution in [2.45, 2.75) is 6.54 Å². The highest BCUT2D eigenvalue weighted by atomic mass is 15.3. The molecule has 0 saturated heterocycles. The van der Waals surface area contributed by atoms with Gasteiger partial charge in [0, 0.05) is 31.0 Å². The van der Waals surface area contributed by atoms with Gasteiger partial charge >= 0.3 is 0 Å². The minimum Gasteiger partial charge on any atom is -0.381 e. The summed E-state index contributed by atoms with van der Waals surface area (Å²) in [5.74, 6) is 0.739. The molecule has 2 heterocycles. The summed E-state index contributed by atoms with van der Waals surface area (Å²) >= 11 is 0. The van der Waals surface area contributed by atoms with Crippen molar-refractivity contribution in [3.63, 3.8) is 0 Å². The summed E-state index contributed by atoms with van der Waals surface area (Å²) < 4.78 is 1.71. The topological polar surface area (TPSA) is 58.5 Å². The maximum absolute atomic E-state index is 4.35. The second kappa shape index (κ2) is 5.61. The van der Waals surface area contributed by atoms with E-state index < -0.39 is 0 Å². The Bertz CT molecular complexity index is 951. The van der Waals surface area contributed by atoms with Crippen LogP contribution >= 0.6 is 0 Å². The Labute approximate surface area is 134 Å². The maximum Gasteiger partial charge on any atom is 0.181 e. The van der Waals surface area contributed by atoms with Crippen LogP contribution in [0.5, 0.6) is 0 Å². The highest BCUT2D eigenvalue weighted by Crippen LogP contribution is 2.21. The van der Waals surface area contributed by atoms with Gasteiger partial charge in [0.25, 0.3) is 0 Å². The van der Waals surface area contributed by atoms with Gasteiger partial charge in [-0.15, -0.1) is 0 Å². The number of aromatic nitrogens is 4. The number of nitrogens with one attached hydrogen (secondary N) is 2. The molecule has 23 heavy (non-hydrogen) atoms. The van der Waals surface area contributed by atoms with Crippen molar-refractivity contribution in [2.75, 3.05) is 5.32 Å². The number of aryl methyl sites for hydroxylation is 1. The molecule has 0 atom stereocenters. The molecule has 0 amide bonds. The Hall–Kier alpha value is -3.08. The number of hydrogen-bond donors (Lipinski definition) is 2. The molecule has 2 N–H and O–H groups in total. The molecule has 4 rings (SSSR count). The molecule has 4 aromatic rings. The SMILES string of the molecule is Cn1cnc(-c2cccc(NCc3cccc4cc[nH]c34)c2)n1. The Morgan fingerprint density at radius 3 is 2.91 bits per heavy atom. The number of fused-ring (bicyclic) bond motifs is 1. The van der Waals surface area contributed by atoms with Crippen molar-refractivity contribution in [1.29, 1.82) is 0 Å². The molecule has 0 spiro atoms. The van der Waals surface area contributed by atoms with Crippen molar-refractivity contribution >= 4 is 16.6 Å². The Morgan fingerprint density at radius 2 is 2.04 bits per heavy atom. The molecular formula is C18H17N5. The van der Waals surface area contributed by atoms with Crippen molar-refractivity contribution in [3.05, 3.63) is 66.6 Å². The zero-order valence-corrected chi connectivity index (χ0v) is 12.8. The van der Waals surface area contributed by atoms with Gasteiger partial charge in [0.05, 0.1) is 5.52 Å². The number of para-hydroxylation sites is 1. The second-order valence-electron chi connectivity index (χ2n) is 5.54. The van der Waals surface area contributed by atoms with Gasteiger partial charge in [0.1, 0.15) is 6.33 Å². The van der Waals surface area contributed by atoms with Gasteiger partial charge in [0.15, 0.2) is 5.82 Å². The van der Waals surface area contributed by atoms with E-state index in [9.17, 15) is 0 Å². The quantitative estimate of drug-likeness (QED) is 0.606. The average Bonchev–Trinajstić information content (AvgIpc) is 3.22. The molecule has 2 aromatic carbocycles. The van der Waals surface area contributed by atoms with E-state index in [1.165, 1.54) is 16.5 Å². The van der Waals surface area contributed by atoms with Crippen LogP contribution in [0.25, 0.3) is 22.3 Å².